The average molecular weight is 413 g/mol. The molecule has 0 atom stereocenters. The third-order valence-electron chi connectivity index (χ3n) is 4.38. The maximum absolute atomic E-state index is 12.1. The lowest BCUT2D eigenvalue weighted by atomic mass is 9.87. The first kappa shape index (κ1) is 18.7. The summed E-state index contributed by atoms with van der Waals surface area (Å²) in [4.78, 5) is 17.3. The maximum atomic E-state index is 12.1. The normalized spacial score (nSPS) is 12.0. The number of rotatable bonds is 4. The SMILES string of the molecule is CC(C)(C)c1ccc(-c2nnc(SCc3cc(=O)n4ccsc4n3)n2N)cc1. The molecule has 0 aliphatic heterocycles. The Hall–Kier alpha value is -2.65. The second-order valence-electron chi connectivity index (χ2n) is 7.43. The molecule has 28 heavy (non-hydrogen) atoms. The molecule has 1 aromatic carbocycles. The van der Waals surface area contributed by atoms with Crippen molar-refractivity contribution in [2.45, 2.75) is 37.1 Å². The lowest BCUT2D eigenvalue weighted by Crippen LogP contribution is -2.14. The second-order valence-corrected chi connectivity index (χ2v) is 9.25. The van der Waals surface area contributed by atoms with E-state index in [0.717, 1.165) is 5.56 Å². The van der Waals surface area contributed by atoms with Crippen LogP contribution in [0.2, 0.25) is 0 Å². The van der Waals surface area contributed by atoms with E-state index in [9.17, 15) is 4.79 Å². The number of fused-ring (bicyclic) bond motifs is 1. The quantitative estimate of drug-likeness (QED) is 0.408. The van der Waals surface area contributed by atoms with Gasteiger partial charge < -0.3 is 5.84 Å². The molecule has 3 heterocycles. The maximum Gasteiger partial charge on any atom is 0.258 e. The summed E-state index contributed by atoms with van der Waals surface area (Å²) in [6.45, 7) is 6.53. The summed E-state index contributed by atoms with van der Waals surface area (Å²) in [6.07, 6.45) is 1.72. The standard InChI is InChI=1S/C19H20N6OS2/c1-19(2,3)13-6-4-12(5-7-13)16-22-23-18(25(16)20)28-11-14-10-15(26)24-8-9-27-17(24)21-14/h4-10H,11,20H2,1-3H3. The zero-order valence-electron chi connectivity index (χ0n) is 15.8. The number of nitrogens with two attached hydrogens (primary N) is 1. The third-order valence-corrected chi connectivity index (χ3v) is 6.11. The summed E-state index contributed by atoms with van der Waals surface area (Å²) in [5.74, 6) is 7.30. The predicted octanol–water partition coefficient (Wildman–Crippen LogP) is 3.32. The Balaban J connectivity index is 1.54. The highest BCUT2D eigenvalue weighted by Crippen LogP contribution is 2.27. The zero-order chi connectivity index (χ0) is 19.9. The number of hydrogen-bond acceptors (Lipinski definition) is 7. The molecule has 0 fully saturated rings. The number of benzene rings is 1. The van der Waals surface area contributed by atoms with Crippen molar-refractivity contribution in [3.8, 4) is 11.4 Å². The molecule has 0 radical (unpaired) electrons. The van der Waals surface area contributed by atoms with Gasteiger partial charge in [-0.1, -0.05) is 56.8 Å². The molecule has 144 valence electrons. The molecule has 0 saturated heterocycles. The molecule has 9 heteroatoms. The number of thiazole rings is 1. The Morgan fingerprint density at radius 1 is 1.18 bits per heavy atom. The van der Waals surface area contributed by atoms with Crippen molar-refractivity contribution in [1.82, 2.24) is 24.3 Å². The van der Waals surface area contributed by atoms with Crippen molar-refractivity contribution in [2.75, 3.05) is 5.84 Å². The molecule has 0 aliphatic rings. The number of thioether (sulfide) groups is 1. The van der Waals surface area contributed by atoms with Gasteiger partial charge in [-0.15, -0.1) is 21.5 Å². The van der Waals surface area contributed by atoms with Gasteiger partial charge in [0.1, 0.15) is 0 Å². The third kappa shape index (κ3) is 3.55. The van der Waals surface area contributed by atoms with E-state index < -0.39 is 0 Å². The van der Waals surface area contributed by atoms with Crippen LogP contribution in [0.3, 0.4) is 0 Å². The van der Waals surface area contributed by atoms with Crippen LogP contribution in [0, 0.1) is 0 Å². The Labute approximate surface area is 170 Å². The van der Waals surface area contributed by atoms with Gasteiger partial charge in [0, 0.05) is 29.0 Å². The highest BCUT2D eigenvalue weighted by Gasteiger charge is 2.16. The van der Waals surface area contributed by atoms with Crippen molar-refractivity contribution < 1.29 is 0 Å². The van der Waals surface area contributed by atoms with Gasteiger partial charge in [0.25, 0.3) is 5.56 Å². The molecule has 4 rings (SSSR count). The van der Waals surface area contributed by atoms with E-state index >= 15 is 0 Å². The van der Waals surface area contributed by atoms with E-state index in [-0.39, 0.29) is 11.0 Å². The molecule has 2 N–H and O–H groups in total. The molecule has 0 aliphatic carbocycles. The minimum absolute atomic E-state index is 0.0873. The highest BCUT2D eigenvalue weighted by atomic mass is 32.2. The monoisotopic (exact) mass is 412 g/mol. The van der Waals surface area contributed by atoms with Gasteiger partial charge in [-0.3, -0.25) is 9.20 Å². The number of nitrogens with zero attached hydrogens (tertiary/aromatic N) is 5. The number of nitrogen functional groups attached to an aromatic ring is 1. The predicted molar refractivity (Wildman–Crippen MR) is 113 cm³/mol. The Morgan fingerprint density at radius 3 is 2.64 bits per heavy atom. The molecular weight excluding hydrogens is 392 g/mol. The van der Waals surface area contributed by atoms with Crippen LogP contribution in [-0.2, 0) is 11.2 Å². The minimum atomic E-state index is -0.0873. The molecular formula is C19H20N6OS2. The Kier molecular flexibility index (Phi) is 4.72. The molecule has 0 spiro atoms. The van der Waals surface area contributed by atoms with Crippen LogP contribution in [0.4, 0.5) is 0 Å². The smallest absolute Gasteiger partial charge is 0.258 e. The topological polar surface area (TPSA) is 91.1 Å². The van der Waals surface area contributed by atoms with Crippen molar-refractivity contribution >= 4 is 28.1 Å². The van der Waals surface area contributed by atoms with Crippen molar-refractivity contribution in [3.05, 3.63) is 63.5 Å². The van der Waals surface area contributed by atoms with Crippen LogP contribution < -0.4 is 11.4 Å². The molecule has 0 bridgehead atoms. The number of hydrogen-bond donors (Lipinski definition) is 1. The summed E-state index contributed by atoms with van der Waals surface area (Å²) in [6, 6.07) is 9.73. The van der Waals surface area contributed by atoms with Crippen molar-refractivity contribution in [1.29, 1.82) is 0 Å². The Morgan fingerprint density at radius 2 is 1.93 bits per heavy atom. The lowest BCUT2D eigenvalue weighted by Gasteiger charge is -2.19. The molecule has 7 nitrogen and oxygen atoms in total. The van der Waals surface area contributed by atoms with Crippen molar-refractivity contribution in [3.63, 3.8) is 0 Å². The van der Waals surface area contributed by atoms with Gasteiger partial charge in [0.05, 0.1) is 5.69 Å². The molecule has 0 unspecified atom stereocenters. The first-order chi connectivity index (χ1) is 13.3. The van der Waals surface area contributed by atoms with Crippen LogP contribution >= 0.6 is 23.1 Å². The van der Waals surface area contributed by atoms with E-state index in [0.29, 0.717) is 27.4 Å². The van der Waals surface area contributed by atoms with Crippen LogP contribution in [-0.4, -0.2) is 24.3 Å². The van der Waals surface area contributed by atoms with Crippen LogP contribution in [0.5, 0.6) is 0 Å². The first-order valence-corrected chi connectivity index (χ1v) is 10.6. The highest BCUT2D eigenvalue weighted by molar-refractivity contribution is 7.98. The van der Waals surface area contributed by atoms with Gasteiger partial charge in [-0.25, -0.2) is 9.66 Å². The first-order valence-electron chi connectivity index (χ1n) is 8.73. The Bertz CT molecular complexity index is 1180. The summed E-state index contributed by atoms with van der Waals surface area (Å²) in [5, 5.41) is 10.8. The van der Waals surface area contributed by atoms with Gasteiger partial charge in [0.15, 0.2) is 10.8 Å². The van der Waals surface area contributed by atoms with E-state index in [1.165, 1.54) is 43.8 Å². The summed E-state index contributed by atoms with van der Waals surface area (Å²) in [7, 11) is 0. The summed E-state index contributed by atoms with van der Waals surface area (Å²) in [5.41, 5.74) is 2.85. The summed E-state index contributed by atoms with van der Waals surface area (Å²) < 4.78 is 3.01. The van der Waals surface area contributed by atoms with E-state index in [4.69, 9.17) is 5.84 Å². The lowest BCUT2D eigenvalue weighted by molar-refractivity contribution is 0.590. The van der Waals surface area contributed by atoms with Gasteiger partial charge in [0.2, 0.25) is 5.16 Å². The van der Waals surface area contributed by atoms with Crippen LogP contribution in [0.1, 0.15) is 32.0 Å². The second kappa shape index (κ2) is 7.06. The largest absolute Gasteiger partial charge is 0.335 e. The van der Waals surface area contributed by atoms with E-state index in [2.05, 4.69) is 48.1 Å². The fourth-order valence-corrected chi connectivity index (χ4v) is 4.28. The average Bonchev–Trinajstić information content (AvgIpc) is 3.26. The van der Waals surface area contributed by atoms with Gasteiger partial charge >= 0.3 is 0 Å². The molecule has 0 amide bonds. The van der Waals surface area contributed by atoms with Gasteiger partial charge in [-0.05, 0) is 11.0 Å². The fraction of sp³-hybridized carbons (Fsp3) is 0.263. The summed E-state index contributed by atoms with van der Waals surface area (Å²) >= 11 is 2.83. The molecule has 4 aromatic rings. The van der Waals surface area contributed by atoms with Crippen LogP contribution in [0.25, 0.3) is 16.3 Å². The van der Waals surface area contributed by atoms with E-state index in [1.807, 2.05) is 17.5 Å². The van der Waals surface area contributed by atoms with Crippen LogP contribution in [0.15, 0.2) is 51.9 Å². The fourth-order valence-electron chi connectivity index (χ4n) is 2.79. The zero-order valence-corrected chi connectivity index (χ0v) is 17.4. The molecule has 0 saturated carbocycles. The van der Waals surface area contributed by atoms with Crippen molar-refractivity contribution in [2.24, 2.45) is 0 Å². The van der Waals surface area contributed by atoms with Gasteiger partial charge in [-0.2, -0.15) is 0 Å². The van der Waals surface area contributed by atoms with E-state index in [1.54, 1.807) is 6.20 Å². The minimum Gasteiger partial charge on any atom is -0.335 e. The molecule has 3 aromatic heterocycles. The number of aromatic nitrogens is 5.